The molecular formula is C12H17ClN2O4S2. The van der Waals surface area contributed by atoms with E-state index in [2.05, 4.69) is 0 Å². The second kappa shape index (κ2) is 7.44. The van der Waals surface area contributed by atoms with Crippen LogP contribution in [0.1, 0.15) is 13.3 Å². The van der Waals surface area contributed by atoms with Gasteiger partial charge < -0.3 is 0 Å². The lowest BCUT2D eigenvalue weighted by Gasteiger charge is -2.13. The Morgan fingerprint density at radius 1 is 1.43 bits per heavy atom. The fourth-order valence-electron chi connectivity index (χ4n) is 1.54. The summed E-state index contributed by atoms with van der Waals surface area (Å²) in [7, 11) is -0.927. The van der Waals surface area contributed by atoms with Crippen LogP contribution in [0, 0.1) is 10.1 Å². The molecular weight excluding hydrogens is 336 g/mol. The Labute approximate surface area is 133 Å². The van der Waals surface area contributed by atoms with E-state index in [1.807, 2.05) is 6.92 Å². The highest BCUT2D eigenvalue weighted by Crippen LogP contribution is 2.35. The number of rotatable bonds is 7. The Morgan fingerprint density at radius 3 is 2.52 bits per heavy atom. The van der Waals surface area contributed by atoms with Gasteiger partial charge in [0, 0.05) is 31.3 Å². The predicted molar refractivity (Wildman–Crippen MR) is 84.6 cm³/mol. The Hall–Kier alpha value is -0.830. The fourth-order valence-corrected chi connectivity index (χ4v) is 3.99. The van der Waals surface area contributed by atoms with Crippen LogP contribution < -0.4 is 0 Å². The van der Waals surface area contributed by atoms with Gasteiger partial charge in [-0.1, -0.05) is 6.92 Å². The number of hydrogen-bond donors (Lipinski definition) is 0. The van der Waals surface area contributed by atoms with Gasteiger partial charge in [-0.2, -0.15) is 0 Å². The Bertz CT molecular complexity index is 620. The number of alkyl halides is 1. The van der Waals surface area contributed by atoms with Crippen molar-refractivity contribution in [1.82, 2.24) is 4.31 Å². The molecule has 0 saturated carbocycles. The van der Waals surface area contributed by atoms with Crippen molar-refractivity contribution in [3.63, 3.8) is 0 Å². The fraction of sp³-hybridized carbons (Fsp3) is 0.500. The lowest BCUT2D eigenvalue weighted by atomic mass is 10.3. The molecule has 21 heavy (non-hydrogen) atoms. The molecule has 0 aliphatic rings. The molecule has 1 atom stereocenters. The number of nitro benzene ring substituents is 1. The van der Waals surface area contributed by atoms with Crippen LogP contribution >= 0.6 is 23.4 Å². The third-order valence-electron chi connectivity index (χ3n) is 2.75. The maximum absolute atomic E-state index is 12.0. The molecule has 118 valence electrons. The number of hydrogen-bond acceptors (Lipinski definition) is 5. The number of nitrogens with zero attached hydrogens (tertiary/aromatic N) is 2. The lowest BCUT2D eigenvalue weighted by molar-refractivity contribution is -0.388. The van der Waals surface area contributed by atoms with Gasteiger partial charge in [-0.25, -0.2) is 12.7 Å². The van der Waals surface area contributed by atoms with Crippen LogP contribution in [0.15, 0.2) is 28.0 Å². The smallest absolute Gasteiger partial charge is 0.258 e. The van der Waals surface area contributed by atoms with Crippen molar-refractivity contribution in [1.29, 1.82) is 0 Å². The maximum Gasteiger partial charge on any atom is 0.284 e. The van der Waals surface area contributed by atoms with Crippen molar-refractivity contribution < 1.29 is 13.3 Å². The summed E-state index contributed by atoms with van der Waals surface area (Å²) in [5.74, 6) is 0.467. The van der Waals surface area contributed by atoms with E-state index in [4.69, 9.17) is 11.6 Å². The molecule has 0 amide bonds. The summed E-state index contributed by atoms with van der Waals surface area (Å²) in [6.07, 6.45) is 0.709. The molecule has 0 spiro atoms. The number of nitro groups is 1. The Balaban J connectivity index is 3.23. The van der Waals surface area contributed by atoms with Gasteiger partial charge in [0.2, 0.25) is 10.0 Å². The summed E-state index contributed by atoms with van der Waals surface area (Å²) < 4.78 is 25.1. The standard InChI is InChI=1S/C12H17ClN2O4S2/c1-9(6-7-13)20-12-5-4-10(8-11(12)15(16)17)21(18,19)14(2)3/h4-5,8-9H,6-7H2,1-3H3. The molecule has 0 heterocycles. The third kappa shape index (κ3) is 4.57. The van der Waals surface area contributed by atoms with Crippen molar-refractivity contribution in [3.8, 4) is 0 Å². The largest absolute Gasteiger partial charge is 0.284 e. The Kier molecular flexibility index (Phi) is 6.45. The third-order valence-corrected chi connectivity index (χ3v) is 6.02. The van der Waals surface area contributed by atoms with E-state index >= 15 is 0 Å². The first-order valence-corrected chi connectivity index (χ1v) is 8.99. The van der Waals surface area contributed by atoms with Gasteiger partial charge in [0.25, 0.3) is 5.69 Å². The van der Waals surface area contributed by atoms with Crippen molar-refractivity contribution in [2.75, 3.05) is 20.0 Å². The lowest BCUT2D eigenvalue weighted by Crippen LogP contribution is -2.22. The molecule has 1 rings (SSSR count). The first-order valence-electron chi connectivity index (χ1n) is 6.13. The molecule has 1 unspecified atom stereocenters. The second-order valence-electron chi connectivity index (χ2n) is 4.58. The molecule has 0 aromatic heterocycles. The van der Waals surface area contributed by atoms with E-state index in [0.717, 1.165) is 10.4 Å². The Morgan fingerprint density at radius 2 is 2.05 bits per heavy atom. The summed E-state index contributed by atoms with van der Waals surface area (Å²) in [4.78, 5) is 11.0. The number of halogens is 1. The van der Waals surface area contributed by atoms with Crippen LogP contribution in [0.3, 0.4) is 0 Å². The molecule has 6 nitrogen and oxygen atoms in total. The maximum atomic E-state index is 12.0. The molecule has 0 aliphatic heterocycles. The van der Waals surface area contributed by atoms with Gasteiger partial charge in [-0.15, -0.1) is 23.4 Å². The minimum Gasteiger partial charge on any atom is -0.258 e. The topological polar surface area (TPSA) is 80.5 Å². The first-order chi connectivity index (χ1) is 9.70. The van der Waals surface area contributed by atoms with Crippen molar-refractivity contribution in [2.24, 2.45) is 0 Å². The van der Waals surface area contributed by atoms with E-state index in [1.54, 1.807) is 0 Å². The zero-order valence-electron chi connectivity index (χ0n) is 11.9. The molecule has 0 aliphatic carbocycles. The molecule has 0 bridgehead atoms. The van der Waals surface area contributed by atoms with Gasteiger partial charge >= 0.3 is 0 Å². The zero-order valence-corrected chi connectivity index (χ0v) is 14.3. The van der Waals surface area contributed by atoms with Gasteiger partial charge in [0.05, 0.1) is 14.7 Å². The highest BCUT2D eigenvalue weighted by molar-refractivity contribution is 8.00. The summed E-state index contributed by atoms with van der Waals surface area (Å²) in [6.45, 7) is 1.92. The van der Waals surface area contributed by atoms with Crippen LogP contribution in [0.4, 0.5) is 5.69 Å². The number of benzene rings is 1. The highest BCUT2D eigenvalue weighted by atomic mass is 35.5. The van der Waals surface area contributed by atoms with E-state index in [-0.39, 0.29) is 15.8 Å². The van der Waals surface area contributed by atoms with E-state index in [0.29, 0.717) is 17.2 Å². The number of sulfonamides is 1. The summed E-state index contributed by atoms with van der Waals surface area (Å²) >= 11 is 6.97. The van der Waals surface area contributed by atoms with Gasteiger partial charge in [0.1, 0.15) is 0 Å². The van der Waals surface area contributed by atoms with Crippen molar-refractivity contribution in [3.05, 3.63) is 28.3 Å². The first kappa shape index (κ1) is 18.2. The molecule has 1 aromatic carbocycles. The molecule has 0 radical (unpaired) electrons. The number of thioether (sulfide) groups is 1. The van der Waals surface area contributed by atoms with Crippen LogP contribution in [0.2, 0.25) is 0 Å². The average molecular weight is 353 g/mol. The van der Waals surface area contributed by atoms with Gasteiger partial charge in [-0.05, 0) is 18.6 Å². The summed E-state index contributed by atoms with van der Waals surface area (Å²) in [5.41, 5.74) is -0.204. The van der Waals surface area contributed by atoms with Crippen molar-refractivity contribution >= 4 is 39.1 Å². The van der Waals surface area contributed by atoms with E-state index < -0.39 is 14.9 Å². The van der Waals surface area contributed by atoms with Crippen LogP contribution in [0.25, 0.3) is 0 Å². The molecule has 0 fully saturated rings. The quantitative estimate of drug-likeness (QED) is 0.326. The summed E-state index contributed by atoms with van der Waals surface area (Å²) in [6, 6.07) is 3.97. The SMILES string of the molecule is CC(CCCl)Sc1ccc(S(=O)(=O)N(C)C)cc1[N+](=O)[O-]. The molecule has 9 heteroatoms. The van der Waals surface area contributed by atoms with E-state index in [9.17, 15) is 18.5 Å². The van der Waals surface area contributed by atoms with Crippen LogP contribution in [-0.2, 0) is 10.0 Å². The molecule has 1 aromatic rings. The molecule has 0 N–H and O–H groups in total. The van der Waals surface area contributed by atoms with Gasteiger partial charge in [0.15, 0.2) is 0 Å². The monoisotopic (exact) mass is 352 g/mol. The minimum absolute atomic E-state index is 0.0893. The summed E-state index contributed by atoms with van der Waals surface area (Å²) in [5, 5.41) is 11.3. The zero-order chi connectivity index (χ0) is 16.2. The average Bonchev–Trinajstić information content (AvgIpc) is 2.38. The highest BCUT2D eigenvalue weighted by Gasteiger charge is 2.24. The van der Waals surface area contributed by atoms with Crippen LogP contribution in [-0.4, -0.2) is 42.9 Å². The van der Waals surface area contributed by atoms with Gasteiger partial charge in [-0.3, -0.25) is 10.1 Å². The van der Waals surface area contributed by atoms with Crippen LogP contribution in [0.5, 0.6) is 0 Å². The normalized spacial score (nSPS) is 13.4. The molecule has 0 saturated heterocycles. The minimum atomic E-state index is -3.69. The second-order valence-corrected chi connectivity index (χ2v) is 8.59. The van der Waals surface area contributed by atoms with E-state index in [1.165, 1.54) is 38.0 Å². The predicted octanol–water partition coefficient (Wildman–Crippen LogP) is 2.95. The van der Waals surface area contributed by atoms with Crippen molar-refractivity contribution in [2.45, 2.75) is 28.4 Å².